The lowest BCUT2D eigenvalue weighted by Gasteiger charge is -2.17. The van der Waals surface area contributed by atoms with Gasteiger partial charge >= 0.3 is 0 Å². The summed E-state index contributed by atoms with van der Waals surface area (Å²) in [4.78, 5) is 27.5. The highest BCUT2D eigenvalue weighted by molar-refractivity contribution is 5.98. The van der Waals surface area contributed by atoms with Gasteiger partial charge in [-0.05, 0) is 18.3 Å². The predicted molar refractivity (Wildman–Crippen MR) is 69.5 cm³/mol. The lowest BCUT2D eigenvalue weighted by atomic mass is 10.2. The molecule has 0 aromatic carbocycles. The summed E-state index contributed by atoms with van der Waals surface area (Å²) in [5, 5.41) is 10.7. The minimum atomic E-state index is -0.591. The van der Waals surface area contributed by atoms with E-state index in [2.05, 4.69) is 11.9 Å². The smallest absolute Gasteiger partial charge is 0.288 e. The van der Waals surface area contributed by atoms with Gasteiger partial charge in [0, 0.05) is 19.7 Å². The summed E-state index contributed by atoms with van der Waals surface area (Å²) >= 11 is 0. The first-order valence-corrected chi connectivity index (χ1v) is 6.05. The van der Waals surface area contributed by atoms with E-state index in [1.165, 1.54) is 6.07 Å². The molecule has 19 heavy (non-hydrogen) atoms. The van der Waals surface area contributed by atoms with E-state index in [1.807, 2.05) is 0 Å². The molecule has 1 aliphatic carbocycles. The Labute approximate surface area is 110 Å². The SMILES string of the molecule is CC1CC1CN(C)C(=O)c1cc([N+](=O)[O-])cnc1N. The highest BCUT2D eigenvalue weighted by Gasteiger charge is 2.34. The van der Waals surface area contributed by atoms with Crippen molar-refractivity contribution < 1.29 is 9.72 Å². The molecule has 1 saturated carbocycles. The average molecular weight is 264 g/mol. The number of nitro groups is 1. The number of aromatic nitrogens is 1. The molecule has 1 fully saturated rings. The number of carbonyl (C=O) groups excluding carboxylic acids is 1. The van der Waals surface area contributed by atoms with Gasteiger partial charge in [0.1, 0.15) is 12.0 Å². The minimum Gasteiger partial charge on any atom is -0.383 e. The molecule has 1 heterocycles. The van der Waals surface area contributed by atoms with Crippen LogP contribution in [0, 0.1) is 22.0 Å². The van der Waals surface area contributed by atoms with Gasteiger partial charge in [0.05, 0.1) is 10.5 Å². The van der Waals surface area contributed by atoms with Gasteiger partial charge in [-0.3, -0.25) is 14.9 Å². The van der Waals surface area contributed by atoms with Crippen LogP contribution in [0.25, 0.3) is 0 Å². The Bertz CT molecular complexity index is 532. The number of rotatable bonds is 4. The van der Waals surface area contributed by atoms with Crippen LogP contribution in [0.15, 0.2) is 12.3 Å². The van der Waals surface area contributed by atoms with Gasteiger partial charge in [-0.2, -0.15) is 0 Å². The second kappa shape index (κ2) is 4.83. The van der Waals surface area contributed by atoms with Crippen molar-refractivity contribution in [1.82, 2.24) is 9.88 Å². The van der Waals surface area contributed by atoms with Crippen molar-refractivity contribution in [2.75, 3.05) is 19.3 Å². The molecule has 7 heteroatoms. The third-order valence-electron chi connectivity index (χ3n) is 3.48. The Kier molecular flexibility index (Phi) is 3.37. The van der Waals surface area contributed by atoms with Crippen LogP contribution in [0.3, 0.4) is 0 Å². The Hall–Kier alpha value is -2.18. The lowest BCUT2D eigenvalue weighted by Crippen LogP contribution is -2.30. The van der Waals surface area contributed by atoms with Crippen molar-refractivity contribution in [3.05, 3.63) is 27.9 Å². The van der Waals surface area contributed by atoms with Crippen LogP contribution < -0.4 is 5.73 Å². The molecular weight excluding hydrogens is 248 g/mol. The van der Waals surface area contributed by atoms with E-state index >= 15 is 0 Å². The normalized spacial score (nSPS) is 20.9. The number of amides is 1. The fourth-order valence-electron chi connectivity index (χ4n) is 2.03. The predicted octanol–water partition coefficient (Wildman–Crippen LogP) is 1.30. The molecule has 2 rings (SSSR count). The van der Waals surface area contributed by atoms with Crippen LogP contribution in [0.5, 0.6) is 0 Å². The Morgan fingerprint density at radius 3 is 2.84 bits per heavy atom. The van der Waals surface area contributed by atoms with Crippen LogP contribution in [0.1, 0.15) is 23.7 Å². The monoisotopic (exact) mass is 264 g/mol. The molecule has 0 aliphatic heterocycles. The van der Waals surface area contributed by atoms with Crippen LogP contribution >= 0.6 is 0 Å². The highest BCUT2D eigenvalue weighted by atomic mass is 16.6. The molecule has 0 radical (unpaired) electrons. The van der Waals surface area contributed by atoms with Crippen molar-refractivity contribution in [3.63, 3.8) is 0 Å². The van der Waals surface area contributed by atoms with Gasteiger partial charge in [0.25, 0.3) is 11.6 Å². The van der Waals surface area contributed by atoms with Gasteiger partial charge in [-0.1, -0.05) is 6.92 Å². The summed E-state index contributed by atoms with van der Waals surface area (Å²) in [6.45, 7) is 2.77. The summed E-state index contributed by atoms with van der Waals surface area (Å²) in [5.41, 5.74) is 5.48. The summed E-state index contributed by atoms with van der Waals surface area (Å²) in [7, 11) is 1.67. The van der Waals surface area contributed by atoms with Crippen LogP contribution in [0.4, 0.5) is 11.5 Å². The van der Waals surface area contributed by atoms with Crippen molar-refractivity contribution in [2.24, 2.45) is 11.8 Å². The number of pyridine rings is 1. The van der Waals surface area contributed by atoms with Crippen LogP contribution in [-0.4, -0.2) is 34.3 Å². The Morgan fingerprint density at radius 2 is 2.32 bits per heavy atom. The van der Waals surface area contributed by atoms with Gasteiger partial charge in [-0.25, -0.2) is 4.98 Å². The summed E-state index contributed by atoms with van der Waals surface area (Å²) in [6.07, 6.45) is 2.16. The van der Waals surface area contributed by atoms with Gasteiger partial charge in [-0.15, -0.1) is 0 Å². The maximum atomic E-state index is 12.2. The number of nitrogens with two attached hydrogens (primary N) is 1. The van der Waals surface area contributed by atoms with E-state index in [0.717, 1.165) is 12.6 Å². The molecule has 2 N–H and O–H groups in total. The zero-order valence-corrected chi connectivity index (χ0v) is 10.9. The number of anilines is 1. The highest BCUT2D eigenvalue weighted by Crippen LogP contribution is 2.38. The molecule has 0 saturated heterocycles. The van der Waals surface area contributed by atoms with Gasteiger partial charge in [0.2, 0.25) is 0 Å². The second-order valence-corrected chi connectivity index (χ2v) is 5.04. The summed E-state index contributed by atoms with van der Waals surface area (Å²) in [5.74, 6) is 0.844. The molecule has 1 amide bonds. The van der Waals surface area contributed by atoms with Crippen LogP contribution in [-0.2, 0) is 0 Å². The van der Waals surface area contributed by atoms with Crippen LogP contribution in [0.2, 0.25) is 0 Å². The molecule has 1 aromatic rings. The standard InChI is InChI=1S/C12H16N4O3/c1-7-3-8(7)6-15(2)12(17)10-4-9(16(18)19)5-14-11(10)13/h4-5,7-8H,3,6H2,1-2H3,(H2,13,14). The molecule has 2 atom stereocenters. The van der Waals surface area contributed by atoms with E-state index in [4.69, 9.17) is 5.73 Å². The molecule has 102 valence electrons. The molecule has 0 spiro atoms. The van der Waals surface area contributed by atoms with Gasteiger partial charge < -0.3 is 10.6 Å². The van der Waals surface area contributed by atoms with Crippen molar-refractivity contribution >= 4 is 17.4 Å². The number of carbonyl (C=O) groups is 1. The quantitative estimate of drug-likeness (QED) is 0.652. The van der Waals surface area contributed by atoms with Crippen molar-refractivity contribution in [2.45, 2.75) is 13.3 Å². The maximum absolute atomic E-state index is 12.2. The van der Waals surface area contributed by atoms with E-state index in [0.29, 0.717) is 18.4 Å². The maximum Gasteiger partial charge on any atom is 0.288 e. The van der Waals surface area contributed by atoms with E-state index < -0.39 is 4.92 Å². The van der Waals surface area contributed by atoms with Gasteiger partial charge in [0.15, 0.2) is 0 Å². The number of nitrogens with zero attached hydrogens (tertiary/aromatic N) is 3. The van der Waals surface area contributed by atoms with E-state index in [-0.39, 0.29) is 23.0 Å². The Balaban J connectivity index is 2.17. The fraction of sp³-hybridized carbons (Fsp3) is 0.500. The Morgan fingerprint density at radius 1 is 1.68 bits per heavy atom. The molecule has 7 nitrogen and oxygen atoms in total. The molecular formula is C12H16N4O3. The first-order valence-electron chi connectivity index (χ1n) is 6.05. The van der Waals surface area contributed by atoms with E-state index in [1.54, 1.807) is 11.9 Å². The molecule has 2 unspecified atom stereocenters. The minimum absolute atomic E-state index is 0.0197. The van der Waals surface area contributed by atoms with E-state index in [9.17, 15) is 14.9 Å². The lowest BCUT2D eigenvalue weighted by molar-refractivity contribution is -0.385. The zero-order valence-electron chi connectivity index (χ0n) is 10.9. The first kappa shape index (κ1) is 13.3. The van der Waals surface area contributed by atoms with Crippen molar-refractivity contribution in [3.8, 4) is 0 Å². The van der Waals surface area contributed by atoms with Crippen molar-refractivity contribution in [1.29, 1.82) is 0 Å². The third kappa shape index (κ3) is 2.81. The number of hydrogen-bond acceptors (Lipinski definition) is 5. The molecule has 0 bridgehead atoms. The fourth-order valence-corrected chi connectivity index (χ4v) is 2.03. The number of nitrogen functional groups attached to an aromatic ring is 1. The average Bonchev–Trinajstić information content (AvgIpc) is 3.04. The first-order chi connectivity index (χ1) is 8.90. The largest absolute Gasteiger partial charge is 0.383 e. The molecule has 1 aliphatic rings. The zero-order chi connectivity index (χ0) is 14.2. The molecule has 1 aromatic heterocycles. The number of hydrogen-bond donors (Lipinski definition) is 1. The third-order valence-corrected chi connectivity index (χ3v) is 3.48. The topological polar surface area (TPSA) is 102 Å². The summed E-state index contributed by atoms with van der Waals surface area (Å²) in [6, 6.07) is 1.18. The summed E-state index contributed by atoms with van der Waals surface area (Å²) < 4.78 is 0. The second-order valence-electron chi connectivity index (χ2n) is 5.04.